The van der Waals surface area contributed by atoms with Gasteiger partial charge in [-0.1, -0.05) is 66.7 Å². The maximum absolute atomic E-state index is 6.04. The van der Waals surface area contributed by atoms with Crippen LogP contribution >= 0.6 is 0 Å². The van der Waals surface area contributed by atoms with E-state index in [2.05, 4.69) is 85.4 Å². The first-order valence-electron chi connectivity index (χ1n) is 11.8. The number of para-hydroxylation sites is 2. The van der Waals surface area contributed by atoms with Gasteiger partial charge in [0.25, 0.3) is 0 Å². The molecule has 0 unspecified atom stereocenters. The fourth-order valence-electron chi connectivity index (χ4n) is 5.12. The molecule has 7 rings (SSSR count). The van der Waals surface area contributed by atoms with Crippen molar-refractivity contribution in [2.45, 2.75) is 6.42 Å². The minimum absolute atomic E-state index is 0.814. The minimum atomic E-state index is 0.814. The first-order valence-corrected chi connectivity index (χ1v) is 11.8. The fraction of sp³-hybridized carbons (Fsp3) is 0.0303. The molecule has 0 saturated heterocycles. The Kier molecular flexibility index (Phi) is 4.40. The van der Waals surface area contributed by atoms with Gasteiger partial charge in [-0.25, -0.2) is 0 Å². The highest BCUT2D eigenvalue weighted by Crippen LogP contribution is 2.36. The van der Waals surface area contributed by atoms with E-state index in [9.17, 15) is 0 Å². The van der Waals surface area contributed by atoms with Crippen LogP contribution < -0.4 is 0 Å². The van der Waals surface area contributed by atoms with Crippen LogP contribution in [0.3, 0.4) is 0 Å². The Morgan fingerprint density at radius 3 is 1.49 bits per heavy atom. The van der Waals surface area contributed by atoms with Gasteiger partial charge in [0.2, 0.25) is 0 Å². The number of allylic oxidation sites excluding steroid dienone is 1. The molecule has 7 aromatic rings. The van der Waals surface area contributed by atoms with Crippen LogP contribution in [0.4, 0.5) is 0 Å². The molecule has 2 aromatic heterocycles. The Hall–Kier alpha value is -4.56. The third-order valence-electron chi connectivity index (χ3n) is 6.79. The summed E-state index contributed by atoms with van der Waals surface area (Å²) in [5.74, 6) is 0. The second kappa shape index (κ2) is 7.75. The Balaban J connectivity index is 1.41. The standard InChI is InChI=1S/C33H22O2/c1-2-7-21-16-24(22-12-14-32-28(19-22)26-8-3-5-10-30(26)34-32)18-25(17-21)23-13-15-33-29(20-23)27-9-4-6-11-31(27)35-33/h2-6,8-20H,1,7H2. The largest absolute Gasteiger partial charge is 0.456 e. The van der Waals surface area contributed by atoms with Crippen LogP contribution in [0.15, 0.2) is 125 Å². The lowest BCUT2D eigenvalue weighted by molar-refractivity contribution is 0.668. The zero-order valence-corrected chi connectivity index (χ0v) is 19.1. The summed E-state index contributed by atoms with van der Waals surface area (Å²) in [6.45, 7) is 3.97. The van der Waals surface area contributed by atoms with Crippen LogP contribution in [0, 0.1) is 0 Å². The van der Waals surface area contributed by atoms with E-state index in [1.807, 2.05) is 30.3 Å². The van der Waals surface area contributed by atoms with Gasteiger partial charge in [-0.05, 0) is 76.7 Å². The molecule has 0 atom stereocenters. The molecule has 166 valence electrons. The molecule has 35 heavy (non-hydrogen) atoms. The van der Waals surface area contributed by atoms with E-state index in [0.29, 0.717) is 0 Å². The van der Waals surface area contributed by atoms with Crippen LogP contribution in [-0.2, 0) is 6.42 Å². The second-order valence-electron chi connectivity index (χ2n) is 9.03. The van der Waals surface area contributed by atoms with E-state index in [0.717, 1.165) is 50.3 Å². The molecule has 0 radical (unpaired) electrons. The molecule has 0 saturated carbocycles. The zero-order chi connectivity index (χ0) is 23.4. The molecule has 0 aliphatic rings. The number of fused-ring (bicyclic) bond motifs is 6. The molecule has 0 spiro atoms. The molecule has 2 heteroatoms. The highest BCUT2D eigenvalue weighted by atomic mass is 16.3. The molecule has 0 fully saturated rings. The number of rotatable bonds is 4. The molecular formula is C33H22O2. The van der Waals surface area contributed by atoms with E-state index in [-0.39, 0.29) is 0 Å². The lowest BCUT2D eigenvalue weighted by Crippen LogP contribution is -1.88. The summed E-state index contributed by atoms with van der Waals surface area (Å²) < 4.78 is 12.1. The van der Waals surface area contributed by atoms with Gasteiger partial charge in [-0.15, -0.1) is 6.58 Å². The van der Waals surface area contributed by atoms with E-state index in [1.54, 1.807) is 0 Å². The summed E-state index contributed by atoms with van der Waals surface area (Å²) in [4.78, 5) is 0. The second-order valence-corrected chi connectivity index (χ2v) is 9.03. The molecular weight excluding hydrogens is 428 g/mol. The van der Waals surface area contributed by atoms with Crippen molar-refractivity contribution in [1.82, 2.24) is 0 Å². The van der Waals surface area contributed by atoms with Crippen molar-refractivity contribution in [3.63, 3.8) is 0 Å². The molecule has 0 amide bonds. The third kappa shape index (κ3) is 3.26. The van der Waals surface area contributed by atoms with Gasteiger partial charge in [0, 0.05) is 21.5 Å². The first-order chi connectivity index (χ1) is 17.3. The molecule has 0 aliphatic carbocycles. The summed E-state index contributed by atoms with van der Waals surface area (Å²) in [6, 6.07) is 36.2. The number of furan rings is 2. The lowest BCUT2D eigenvalue weighted by Gasteiger charge is -2.10. The van der Waals surface area contributed by atoms with E-state index >= 15 is 0 Å². The van der Waals surface area contributed by atoms with E-state index < -0.39 is 0 Å². The first kappa shape index (κ1) is 19.9. The van der Waals surface area contributed by atoms with Gasteiger partial charge >= 0.3 is 0 Å². The Labute approximate surface area is 202 Å². The Morgan fingerprint density at radius 2 is 0.971 bits per heavy atom. The average molecular weight is 451 g/mol. The summed E-state index contributed by atoms with van der Waals surface area (Å²) in [7, 11) is 0. The predicted molar refractivity (Wildman–Crippen MR) is 146 cm³/mol. The maximum Gasteiger partial charge on any atom is 0.135 e. The van der Waals surface area contributed by atoms with Crippen LogP contribution in [0.25, 0.3) is 66.1 Å². The number of benzene rings is 5. The van der Waals surface area contributed by atoms with Crippen LogP contribution in [0.1, 0.15) is 5.56 Å². The van der Waals surface area contributed by atoms with Gasteiger partial charge in [0.15, 0.2) is 0 Å². The van der Waals surface area contributed by atoms with Crippen molar-refractivity contribution in [2.75, 3.05) is 0 Å². The molecule has 0 N–H and O–H groups in total. The van der Waals surface area contributed by atoms with E-state index in [1.165, 1.54) is 27.8 Å². The average Bonchev–Trinajstić information content (AvgIpc) is 3.46. The quantitative estimate of drug-likeness (QED) is 0.250. The van der Waals surface area contributed by atoms with Crippen LogP contribution in [-0.4, -0.2) is 0 Å². The molecule has 0 bridgehead atoms. The zero-order valence-electron chi connectivity index (χ0n) is 19.1. The van der Waals surface area contributed by atoms with Crippen LogP contribution in [0.5, 0.6) is 0 Å². The van der Waals surface area contributed by atoms with Crippen molar-refractivity contribution in [3.05, 3.63) is 121 Å². The number of hydrogen-bond donors (Lipinski definition) is 0. The molecule has 2 nitrogen and oxygen atoms in total. The predicted octanol–water partition coefficient (Wildman–Crippen LogP) is 9.55. The summed E-state index contributed by atoms with van der Waals surface area (Å²) in [5.41, 5.74) is 9.61. The van der Waals surface area contributed by atoms with Gasteiger partial charge < -0.3 is 8.83 Å². The van der Waals surface area contributed by atoms with Gasteiger partial charge in [-0.3, -0.25) is 0 Å². The van der Waals surface area contributed by atoms with Crippen molar-refractivity contribution < 1.29 is 8.83 Å². The molecule has 0 aliphatic heterocycles. The SMILES string of the molecule is C=CCc1cc(-c2ccc3oc4ccccc4c3c2)cc(-c2ccc3oc4ccccc4c3c2)c1. The minimum Gasteiger partial charge on any atom is -0.456 e. The Morgan fingerprint density at radius 1 is 0.486 bits per heavy atom. The molecule has 5 aromatic carbocycles. The third-order valence-corrected chi connectivity index (χ3v) is 6.79. The topological polar surface area (TPSA) is 26.3 Å². The van der Waals surface area contributed by atoms with Crippen LogP contribution in [0.2, 0.25) is 0 Å². The van der Waals surface area contributed by atoms with Gasteiger partial charge in [0.05, 0.1) is 0 Å². The lowest BCUT2D eigenvalue weighted by atomic mass is 9.94. The summed E-state index contributed by atoms with van der Waals surface area (Å²) in [6.07, 6.45) is 2.77. The Bertz CT molecular complexity index is 1770. The van der Waals surface area contributed by atoms with E-state index in [4.69, 9.17) is 8.83 Å². The number of hydrogen-bond acceptors (Lipinski definition) is 2. The van der Waals surface area contributed by atoms with Gasteiger partial charge in [0.1, 0.15) is 22.3 Å². The van der Waals surface area contributed by atoms with Crippen molar-refractivity contribution >= 4 is 43.9 Å². The van der Waals surface area contributed by atoms with Crippen molar-refractivity contribution in [2.24, 2.45) is 0 Å². The molecule has 2 heterocycles. The highest BCUT2D eigenvalue weighted by Gasteiger charge is 2.12. The van der Waals surface area contributed by atoms with Crippen molar-refractivity contribution in [1.29, 1.82) is 0 Å². The van der Waals surface area contributed by atoms with Crippen molar-refractivity contribution in [3.8, 4) is 22.3 Å². The maximum atomic E-state index is 6.04. The summed E-state index contributed by atoms with van der Waals surface area (Å²) in [5, 5.41) is 4.56. The van der Waals surface area contributed by atoms with Gasteiger partial charge in [-0.2, -0.15) is 0 Å². The highest BCUT2D eigenvalue weighted by molar-refractivity contribution is 6.07. The smallest absolute Gasteiger partial charge is 0.135 e. The fourth-order valence-corrected chi connectivity index (χ4v) is 5.12. The summed E-state index contributed by atoms with van der Waals surface area (Å²) >= 11 is 0. The monoisotopic (exact) mass is 450 g/mol. The normalized spacial score (nSPS) is 11.7.